The normalized spacial score (nSPS) is 21.2. The van der Waals surface area contributed by atoms with Crippen LogP contribution in [0.15, 0.2) is 0 Å². The van der Waals surface area contributed by atoms with Crippen molar-refractivity contribution in [3.63, 3.8) is 0 Å². The molecule has 2 rings (SSSR count). The van der Waals surface area contributed by atoms with Gasteiger partial charge < -0.3 is 10.2 Å². The van der Waals surface area contributed by atoms with E-state index in [-0.39, 0.29) is 11.9 Å². The van der Waals surface area contributed by atoms with Crippen molar-refractivity contribution in [1.29, 1.82) is 0 Å². The molecular formula is C10H16N4OS. The van der Waals surface area contributed by atoms with Gasteiger partial charge in [0.15, 0.2) is 0 Å². The van der Waals surface area contributed by atoms with E-state index in [4.69, 9.17) is 0 Å². The number of piperidine rings is 1. The molecule has 16 heavy (non-hydrogen) atoms. The topological polar surface area (TPSA) is 58.1 Å². The van der Waals surface area contributed by atoms with E-state index in [9.17, 15) is 4.79 Å². The lowest BCUT2D eigenvalue weighted by atomic mass is 10.1. The van der Waals surface area contributed by atoms with Gasteiger partial charge in [0, 0.05) is 44.0 Å². The van der Waals surface area contributed by atoms with Crippen molar-refractivity contribution < 1.29 is 4.79 Å². The molecule has 1 aliphatic heterocycles. The Hall–Kier alpha value is -1.17. The number of aryl methyl sites for hydroxylation is 1. The second kappa shape index (κ2) is 4.78. The van der Waals surface area contributed by atoms with Crippen molar-refractivity contribution in [2.45, 2.75) is 32.2 Å². The molecule has 88 valence electrons. The molecule has 2 heterocycles. The molecule has 0 spiro atoms. The van der Waals surface area contributed by atoms with Crippen LogP contribution in [-0.4, -0.2) is 39.8 Å². The Labute approximate surface area is 99.0 Å². The minimum Gasteiger partial charge on any atom is -0.357 e. The van der Waals surface area contributed by atoms with E-state index in [1.165, 1.54) is 11.5 Å². The van der Waals surface area contributed by atoms with E-state index >= 15 is 0 Å². The lowest BCUT2D eigenvalue weighted by Crippen LogP contribution is -2.40. The summed E-state index contributed by atoms with van der Waals surface area (Å²) in [5.74, 6) is 1.07. The van der Waals surface area contributed by atoms with Crippen LogP contribution >= 0.6 is 11.5 Å². The zero-order chi connectivity index (χ0) is 11.5. The standard InChI is InChI=1S/C10H16N4OS/c1-3-8-12-10(16-13-8)11-7-4-5-14(2)9(15)6-7/h7H,3-6H2,1-2H3,(H,11,12,13). The summed E-state index contributed by atoms with van der Waals surface area (Å²) in [5, 5.41) is 4.12. The van der Waals surface area contributed by atoms with E-state index in [0.717, 1.165) is 30.3 Å². The first-order chi connectivity index (χ1) is 7.69. The van der Waals surface area contributed by atoms with Gasteiger partial charge in [-0.05, 0) is 6.42 Å². The van der Waals surface area contributed by atoms with Gasteiger partial charge in [-0.2, -0.15) is 4.37 Å². The Bertz CT molecular complexity index is 379. The SMILES string of the molecule is CCc1nsc(NC2CCN(C)C(=O)C2)n1. The third-order valence-corrected chi connectivity index (χ3v) is 3.46. The van der Waals surface area contributed by atoms with E-state index in [1.54, 1.807) is 4.90 Å². The van der Waals surface area contributed by atoms with E-state index < -0.39 is 0 Å². The van der Waals surface area contributed by atoms with Crippen molar-refractivity contribution in [2.24, 2.45) is 0 Å². The number of rotatable bonds is 3. The van der Waals surface area contributed by atoms with Gasteiger partial charge in [0.05, 0.1) is 0 Å². The summed E-state index contributed by atoms with van der Waals surface area (Å²) < 4.78 is 4.21. The smallest absolute Gasteiger partial charge is 0.224 e. The van der Waals surface area contributed by atoms with E-state index in [1.807, 2.05) is 14.0 Å². The molecule has 1 saturated heterocycles. The first kappa shape index (κ1) is 11.3. The van der Waals surface area contributed by atoms with E-state index in [2.05, 4.69) is 14.7 Å². The Morgan fingerprint density at radius 1 is 1.62 bits per heavy atom. The van der Waals surface area contributed by atoms with Crippen LogP contribution < -0.4 is 5.32 Å². The van der Waals surface area contributed by atoms with Crippen LogP contribution in [0.3, 0.4) is 0 Å². The predicted molar refractivity (Wildman–Crippen MR) is 63.6 cm³/mol. The fourth-order valence-electron chi connectivity index (χ4n) is 1.70. The monoisotopic (exact) mass is 240 g/mol. The van der Waals surface area contributed by atoms with Crippen molar-refractivity contribution in [3.8, 4) is 0 Å². The quantitative estimate of drug-likeness (QED) is 0.860. The highest BCUT2D eigenvalue weighted by Crippen LogP contribution is 2.18. The molecule has 1 unspecified atom stereocenters. The van der Waals surface area contributed by atoms with Crippen molar-refractivity contribution in [3.05, 3.63) is 5.82 Å². The number of aromatic nitrogens is 2. The maximum absolute atomic E-state index is 11.5. The highest BCUT2D eigenvalue weighted by Gasteiger charge is 2.23. The number of likely N-dealkylation sites (tertiary alicyclic amines) is 1. The second-order valence-electron chi connectivity index (χ2n) is 4.02. The lowest BCUT2D eigenvalue weighted by molar-refractivity contribution is -0.132. The Morgan fingerprint density at radius 2 is 2.44 bits per heavy atom. The molecule has 1 N–H and O–H groups in total. The third kappa shape index (κ3) is 2.49. The van der Waals surface area contributed by atoms with Crippen LogP contribution in [0.4, 0.5) is 5.13 Å². The molecule has 1 atom stereocenters. The van der Waals surface area contributed by atoms with Gasteiger partial charge in [0.1, 0.15) is 5.82 Å². The van der Waals surface area contributed by atoms with Gasteiger partial charge >= 0.3 is 0 Å². The molecule has 1 aromatic rings. The molecule has 6 heteroatoms. The minimum absolute atomic E-state index is 0.198. The molecule has 0 saturated carbocycles. The number of hydrogen-bond donors (Lipinski definition) is 1. The molecule has 1 aromatic heterocycles. The molecule has 1 fully saturated rings. The van der Waals surface area contributed by atoms with Crippen LogP contribution in [0.1, 0.15) is 25.6 Å². The first-order valence-electron chi connectivity index (χ1n) is 5.52. The van der Waals surface area contributed by atoms with Crippen LogP contribution in [0.25, 0.3) is 0 Å². The van der Waals surface area contributed by atoms with Crippen molar-refractivity contribution >= 4 is 22.6 Å². The number of nitrogens with zero attached hydrogens (tertiary/aromatic N) is 3. The Balaban J connectivity index is 1.92. The van der Waals surface area contributed by atoms with Gasteiger partial charge in [-0.3, -0.25) is 4.79 Å². The number of anilines is 1. The summed E-state index contributed by atoms with van der Waals surface area (Å²) in [4.78, 5) is 17.6. The molecule has 5 nitrogen and oxygen atoms in total. The zero-order valence-electron chi connectivity index (χ0n) is 9.56. The Kier molecular flexibility index (Phi) is 3.38. The molecule has 1 aliphatic rings. The van der Waals surface area contributed by atoms with Gasteiger partial charge in [-0.25, -0.2) is 4.98 Å². The fourth-order valence-corrected chi connectivity index (χ4v) is 2.42. The van der Waals surface area contributed by atoms with Crippen LogP contribution in [-0.2, 0) is 11.2 Å². The second-order valence-corrected chi connectivity index (χ2v) is 4.77. The molecule has 0 bridgehead atoms. The van der Waals surface area contributed by atoms with Crippen LogP contribution in [0, 0.1) is 0 Å². The minimum atomic E-state index is 0.198. The summed E-state index contributed by atoms with van der Waals surface area (Å²) in [6.45, 7) is 2.85. The van der Waals surface area contributed by atoms with Gasteiger partial charge in [-0.1, -0.05) is 6.92 Å². The average Bonchev–Trinajstić information content (AvgIpc) is 2.71. The largest absolute Gasteiger partial charge is 0.357 e. The molecular weight excluding hydrogens is 224 g/mol. The van der Waals surface area contributed by atoms with Gasteiger partial charge in [-0.15, -0.1) is 0 Å². The predicted octanol–water partition coefficient (Wildman–Crippen LogP) is 1.13. The van der Waals surface area contributed by atoms with Crippen LogP contribution in [0.2, 0.25) is 0 Å². The number of carbonyl (C=O) groups excluding carboxylic acids is 1. The molecule has 1 amide bonds. The number of hydrogen-bond acceptors (Lipinski definition) is 5. The zero-order valence-corrected chi connectivity index (χ0v) is 10.4. The van der Waals surface area contributed by atoms with Crippen molar-refractivity contribution in [2.75, 3.05) is 18.9 Å². The fraction of sp³-hybridized carbons (Fsp3) is 0.700. The number of nitrogens with one attached hydrogen (secondary N) is 1. The van der Waals surface area contributed by atoms with Crippen LogP contribution in [0.5, 0.6) is 0 Å². The third-order valence-electron chi connectivity index (χ3n) is 2.77. The van der Waals surface area contributed by atoms with Gasteiger partial charge in [0.2, 0.25) is 11.0 Å². The summed E-state index contributed by atoms with van der Waals surface area (Å²) in [7, 11) is 1.85. The van der Waals surface area contributed by atoms with E-state index in [0.29, 0.717) is 6.42 Å². The summed E-state index contributed by atoms with van der Waals surface area (Å²) >= 11 is 1.37. The summed E-state index contributed by atoms with van der Waals surface area (Å²) in [5.41, 5.74) is 0. The molecule has 0 aromatic carbocycles. The average molecular weight is 240 g/mol. The van der Waals surface area contributed by atoms with Gasteiger partial charge in [0.25, 0.3) is 0 Å². The molecule has 0 aliphatic carbocycles. The number of amides is 1. The lowest BCUT2D eigenvalue weighted by Gasteiger charge is -2.28. The summed E-state index contributed by atoms with van der Waals surface area (Å²) in [6.07, 6.45) is 2.38. The van der Waals surface area contributed by atoms with Crippen molar-refractivity contribution in [1.82, 2.24) is 14.3 Å². The highest BCUT2D eigenvalue weighted by atomic mass is 32.1. The molecule has 0 radical (unpaired) electrons. The highest BCUT2D eigenvalue weighted by molar-refractivity contribution is 7.09. The maximum atomic E-state index is 11.5. The Morgan fingerprint density at radius 3 is 3.06 bits per heavy atom. The maximum Gasteiger partial charge on any atom is 0.224 e. The summed E-state index contributed by atoms with van der Waals surface area (Å²) in [6, 6.07) is 0.210. The first-order valence-corrected chi connectivity index (χ1v) is 6.29. The number of carbonyl (C=O) groups is 1.